The van der Waals surface area contributed by atoms with Gasteiger partial charge in [0.25, 0.3) is 0 Å². The highest BCUT2D eigenvalue weighted by atomic mass is 32.2. The van der Waals surface area contributed by atoms with Gasteiger partial charge in [-0.05, 0) is 38.3 Å². The molecule has 1 aliphatic heterocycles. The number of amides is 1. The number of para-hydroxylation sites is 1. The van der Waals surface area contributed by atoms with Crippen LogP contribution in [-0.4, -0.2) is 56.5 Å². The first kappa shape index (κ1) is 18.4. The minimum atomic E-state index is -0.469. The molecule has 1 amide bonds. The van der Waals surface area contributed by atoms with Gasteiger partial charge in [-0.15, -0.1) is 10.2 Å². The Morgan fingerprint density at radius 3 is 2.85 bits per heavy atom. The van der Waals surface area contributed by atoms with E-state index in [-0.39, 0.29) is 17.6 Å². The van der Waals surface area contributed by atoms with E-state index in [4.69, 9.17) is 4.74 Å². The number of thioether (sulfide) groups is 1. The van der Waals surface area contributed by atoms with Crippen molar-refractivity contribution in [1.82, 2.24) is 19.7 Å². The number of likely N-dealkylation sites (tertiary alicyclic amines) is 1. The lowest BCUT2D eigenvalue weighted by Gasteiger charge is -2.33. The van der Waals surface area contributed by atoms with Crippen LogP contribution < -0.4 is 0 Å². The SMILES string of the molecule is CCOC(=O)[C@H]1CCCCN1C(=O)CSc1nncn1-c1ccccc1. The number of benzene rings is 1. The topological polar surface area (TPSA) is 77.3 Å². The van der Waals surface area contributed by atoms with Gasteiger partial charge in [-0.3, -0.25) is 9.36 Å². The molecule has 1 saturated heterocycles. The highest BCUT2D eigenvalue weighted by Crippen LogP contribution is 2.23. The molecule has 8 heteroatoms. The molecule has 0 spiro atoms. The van der Waals surface area contributed by atoms with E-state index in [2.05, 4.69) is 10.2 Å². The average molecular weight is 374 g/mol. The van der Waals surface area contributed by atoms with Crippen molar-refractivity contribution in [1.29, 1.82) is 0 Å². The smallest absolute Gasteiger partial charge is 0.328 e. The van der Waals surface area contributed by atoms with E-state index >= 15 is 0 Å². The fourth-order valence-corrected chi connectivity index (χ4v) is 3.83. The van der Waals surface area contributed by atoms with E-state index in [9.17, 15) is 9.59 Å². The van der Waals surface area contributed by atoms with Crippen molar-refractivity contribution in [3.63, 3.8) is 0 Å². The molecule has 7 nitrogen and oxygen atoms in total. The van der Waals surface area contributed by atoms with Gasteiger partial charge in [-0.1, -0.05) is 30.0 Å². The lowest BCUT2D eigenvalue weighted by atomic mass is 10.0. The molecule has 26 heavy (non-hydrogen) atoms. The molecule has 0 aliphatic carbocycles. The fraction of sp³-hybridized carbons (Fsp3) is 0.444. The summed E-state index contributed by atoms with van der Waals surface area (Å²) in [5.74, 6) is -0.171. The summed E-state index contributed by atoms with van der Waals surface area (Å²) in [5, 5.41) is 8.70. The number of carbonyl (C=O) groups is 2. The molecule has 2 heterocycles. The van der Waals surface area contributed by atoms with Gasteiger partial charge in [0, 0.05) is 12.2 Å². The first-order chi connectivity index (χ1) is 12.7. The van der Waals surface area contributed by atoms with Crippen LogP contribution in [0.4, 0.5) is 0 Å². The molecule has 1 atom stereocenters. The Bertz CT molecular complexity index is 750. The average Bonchev–Trinajstić information content (AvgIpc) is 3.15. The molecular weight excluding hydrogens is 352 g/mol. The van der Waals surface area contributed by atoms with Gasteiger partial charge in [0.1, 0.15) is 12.4 Å². The van der Waals surface area contributed by atoms with E-state index in [1.807, 2.05) is 34.9 Å². The van der Waals surface area contributed by atoms with Crippen LogP contribution in [0.5, 0.6) is 0 Å². The predicted octanol–water partition coefficient (Wildman–Crippen LogP) is 2.30. The number of rotatable bonds is 6. The van der Waals surface area contributed by atoms with Gasteiger partial charge < -0.3 is 9.64 Å². The van der Waals surface area contributed by atoms with Gasteiger partial charge in [-0.2, -0.15) is 0 Å². The summed E-state index contributed by atoms with van der Waals surface area (Å²) in [5.41, 5.74) is 0.940. The van der Waals surface area contributed by atoms with Crippen LogP contribution in [0.15, 0.2) is 41.8 Å². The van der Waals surface area contributed by atoms with Crippen molar-refractivity contribution < 1.29 is 14.3 Å². The maximum Gasteiger partial charge on any atom is 0.328 e. The number of hydrogen-bond donors (Lipinski definition) is 0. The standard InChI is InChI=1S/C18H22N4O3S/c1-2-25-17(24)15-10-6-7-11-21(15)16(23)12-26-18-20-19-13-22(18)14-8-4-3-5-9-14/h3-5,8-9,13,15H,2,6-7,10-12H2,1H3/t15-/m1/s1. The molecular formula is C18H22N4O3S. The van der Waals surface area contributed by atoms with Gasteiger partial charge in [0.05, 0.1) is 12.4 Å². The maximum atomic E-state index is 12.7. The van der Waals surface area contributed by atoms with E-state index in [0.29, 0.717) is 24.7 Å². The van der Waals surface area contributed by atoms with Crippen LogP contribution in [0.25, 0.3) is 5.69 Å². The Morgan fingerprint density at radius 1 is 1.27 bits per heavy atom. The van der Waals surface area contributed by atoms with Crippen LogP contribution in [-0.2, 0) is 14.3 Å². The zero-order valence-corrected chi connectivity index (χ0v) is 15.5. The van der Waals surface area contributed by atoms with Crippen LogP contribution in [0.1, 0.15) is 26.2 Å². The molecule has 0 N–H and O–H groups in total. The number of piperidine rings is 1. The molecule has 0 radical (unpaired) electrons. The lowest BCUT2D eigenvalue weighted by Crippen LogP contribution is -2.49. The monoisotopic (exact) mass is 374 g/mol. The van der Waals surface area contributed by atoms with Crippen LogP contribution in [0.3, 0.4) is 0 Å². The van der Waals surface area contributed by atoms with Crippen molar-refractivity contribution in [2.24, 2.45) is 0 Å². The summed E-state index contributed by atoms with van der Waals surface area (Å²) in [6.07, 6.45) is 4.13. The second-order valence-electron chi connectivity index (χ2n) is 5.96. The number of nitrogens with zero attached hydrogens (tertiary/aromatic N) is 4. The minimum absolute atomic E-state index is 0.0737. The zero-order chi connectivity index (χ0) is 18.4. The summed E-state index contributed by atoms with van der Waals surface area (Å²) in [6.45, 7) is 2.69. The Morgan fingerprint density at radius 2 is 2.08 bits per heavy atom. The van der Waals surface area contributed by atoms with Crippen molar-refractivity contribution in [3.05, 3.63) is 36.7 Å². The third kappa shape index (κ3) is 4.24. The summed E-state index contributed by atoms with van der Waals surface area (Å²) in [4.78, 5) is 26.5. The van der Waals surface area contributed by atoms with Crippen molar-refractivity contribution in [2.75, 3.05) is 18.9 Å². The highest BCUT2D eigenvalue weighted by molar-refractivity contribution is 7.99. The normalized spacial score (nSPS) is 17.1. The van der Waals surface area contributed by atoms with Crippen molar-refractivity contribution in [2.45, 2.75) is 37.4 Å². The Balaban J connectivity index is 1.65. The molecule has 0 unspecified atom stereocenters. The van der Waals surface area contributed by atoms with Crippen LogP contribution in [0, 0.1) is 0 Å². The minimum Gasteiger partial charge on any atom is -0.464 e. The summed E-state index contributed by atoms with van der Waals surface area (Å²) in [6, 6.07) is 9.26. The fourth-order valence-electron chi connectivity index (χ4n) is 3.01. The summed E-state index contributed by atoms with van der Waals surface area (Å²) in [7, 11) is 0. The molecule has 1 aliphatic rings. The molecule has 1 aromatic carbocycles. The van der Waals surface area contributed by atoms with E-state index in [0.717, 1.165) is 18.5 Å². The number of carbonyl (C=O) groups excluding carboxylic acids is 2. The zero-order valence-electron chi connectivity index (χ0n) is 14.7. The van der Waals surface area contributed by atoms with Crippen molar-refractivity contribution >= 4 is 23.6 Å². The molecule has 0 bridgehead atoms. The summed E-state index contributed by atoms with van der Waals surface area (Å²) < 4.78 is 6.97. The Kier molecular flexibility index (Phi) is 6.27. The second kappa shape index (κ2) is 8.84. The van der Waals surface area contributed by atoms with Gasteiger partial charge >= 0.3 is 5.97 Å². The quantitative estimate of drug-likeness (QED) is 0.570. The maximum absolute atomic E-state index is 12.7. The highest BCUT2D eigenvalue weighted by Gasteiger charge is 2.33. The number of ether oxygens (including phenoxy) is 1. The Hall–Kier alpha value is -2.35. The van der Waals surface area contributed by atoms with E-state index in [1.54, 1.807) is 18.2 Å². The third-order valence-corrected chi connectivity index (χ3v) is 5.19. The molecule has 0 saturated carbocycles. The van der Waals surface area contributed by atoms with E-state index < -0.39 is 6.04 Å². The lowest BCUT2D eigenvalue weighted by molar-refractivity contribution is -0.155. The van der Waals surface area contributed by atoms with E-state index in [1.165, 1.54) is 11.8 Å². The molecule has 1 fully saturated rings. The van der Waals surface area contributed by atoms with Gasteiger partial charge in [-0.25, -0.2) is 4.79 Å². The van der Waals surface area contributed by atoms with Gasteiger partial charge in [0.2, 0.25) is 5.91 Å². The first-order valence-corrected chi connectivity index (χ1v) is 9.73. The number of aromatic nitrogens is 3. The number of esters is 1. The molecule has 2 aromatic rings. The molecule has 3 rings (SSSR count). The largest absolute Gasteiger partial charge is 0.464 e. The Labute approximate surface area is 156 Å². The first-order valence-electron chi connectivity index (χ1n) is 8.75. The van der Waals surface area contributed by atoms with Crippen LogP contribution >= 0.6 is 11.8 Å². The number of hydrogen-bond acceptors (Lipinski definition) is 6. The molecule has 138 valence electrons. The van der Waals surface area contributed by atoms with Crippen molar-refractivity contribution in [3.8, 4) is 5.69 Å². The van der Waals surface area contributed by atoms with Crippen LogP contribution in [0.2, 0.25) is 0 Å². The molecule has 1 aromatic heterocycles. The van der Waals surface area contributed by atoms with Gasteiger partial charge in [0.15, 0.2) is 5.16 Å². The predicted molar refractivity (Wildman–Crippen MR) is 98.1 cm³/mol. The second-order valence-corrected chi connectivity index (χ2v) is 6.90. The third-order valence-electron chi connectivity index (χ3n) is 4.26. The summed E-state index contributed by atoms with van der Waals surface area (Å²) >= 11 is 1.32.